The largest absolute Gasteiger partial charge is 0.351 e. The third kappa shape index (κ3) is 2.87. The molecule has 7 heteroatoms. The van der Waals surface area contributed by atoms with Gasteiger partial charge in [-0.3, -0.25) is 18.8 Å². The van der Waals surface area contributed by atoms with Gasteiger partial charge in [0.05, 0.1) is 17.6 Å². The van der Waals surface area contributed by atoms with Crippen molar-refractivity contribution in [3.8, 4) is 0 Å². The highest BCUT2D eigenvalue weighted by atomic mass is 16.2. The minimum absolute atomic E-state index is 0.111. The fraction of sp³-hybridized carbons (Fsp3) is 0.200. The van der Waals surface area contributed by atoms with E-state index in [0.717, 1.165) is 27.1 Å². The second kappa shape index (κ2) is 6.35. The van der Waals surface area contributed by atoms with Crippen LogP contribution in [0.25, 0.3) is 11.0 Å². The number of carbonyl (C=O) groups excluding carboxylic acids is 2. The number of hydrogen-bond acceptors (Lipinski definition) is 3. The van der Waals surface area contributed by atoms with Gasteiger partial charge in [-0.05, 0) is 23.3 Å². The van der Waals surface area contributed by atoms with Crippen LogP contribution in [-0.4, -0.2) is 31.7 Å². The summed E-state index contributed by atoms with van der Waals surface area (Å²) in [5.41, 5.74) is 3.39. The van der Waals surface area contributed by atoms with Gasteiger partial charge in [0.1, 0.15) is 5.71 Å². The van der Waals surface area contributed by atoms with Gasteiger partial charge in [-0.1, -0.05) is 36.4 Å². The summed E-state index contributed by atoms with van der Waals surface area (Å²) in [4.78, 5) is 42.0. The molecule has 0 atom stereocenters. The molecule has 1 aliphatic heterocycles. The Hall–Kier alpha value is -3.48. The Morgan fingerprint density at radius 2 is 1.56 bits per heavy atom. The standard InChI is InChI=1S/C20H18N4O3/c1-22-16-9-8-14(11-17(16)23(2)20(22)27)10-15-18(25)24(19(26)21-15)12-13-6-4-3-5-7-13/h3-9,11H,10,12H2,1-2H3. The van der Waals surface area contributed by atoms with Crippen LogP contribution in [0.5, 0.6) is 0 Å². The van der Waals surface area contributed by atoms with Crippen molar-refractivity contribution >= 4 is 28.7 Å². The topological polar surface area (TPSA) is 76.7 Å². The number of aliphatic imine (C=N–C) groups is 1. The van der Waals surface area contributed by atoms with Crippen molar-refractivity contribution in [3.63, 3.8) is 0 Å². The van der Waals surface area contributed by atoms with Crippen LogP contribution < -0.4 is 5.69 Å². The molecule has 0 N–H and O–H groups in total. The number of amides is 3. The maximum Gasteiger partial charge on any atom is 0.351 e. The van der Waals surface area contributed by atoms with Gasteiger partial charge in [0, 0.05) is 20.5 Å². The molecule has 4 rings (SSSR count). The quantitative estimate of drug-likeness (QED) is 0.712. The van der Waals surface area contributed by atoms with E-state index in [4.69, 9.17) is 0 Å². The van der Waals surface area contributed by atoms with Gasteiger partial charge in [-0.25, -0.2) is 9.59 Å². The predicted molar refractivity (Wildman–Crippen MR) is 102 cm³/mol. The molecule has 0 unspecified atom stereocenters. The molecular formula is C20H18N4O3. The maximum atomic E-state index is 12.6. The summed E-state index contributed by atoms with van der Waals surface area (Å²) in [7, 11) is 3.42. The summed E-state index contributed by atoms with van der Waals surface area (Å²) >= 11 is 0. The van der Waals surface area contributed by atoms with Gasteiger partial charge < -0.3 is 0 Å². The van der Waals surface area contributed by atoms with Crippen molar-refractivity contribution in [2.24, 2.45) is 19.1 Å². The molecule has 3 amide bonds. The minimum Gasteiger partial charge on any atom is -0.295 e. The molecule has 0 fully saturated rings. The van der Waals surface area contributed by atoms with Crippen molar-refractivity contribution in [3.05, 3.63) is 70.1 Å². The molecule has 27 heavy (non-hydrogen) atoms. The molecule has 0 spiro atoms. The van der Waals surface area contributed by atoms with E-state index >= 15 is 0 Å². The highest BCUT2D eigenvalue weighted by Gasteiger charge is 2.32. The number of nitrogens with zero attached hydrogens (tertiary/aromatic N) is 4. The lowest BCUT2D eigenvalue weighted by atomic mass is 10.1. The molecule has 1 aromatic heterocycles. The molecule has 0 bridgehead atoms. The number of urea groups is 1. The SMILES string of the molecule is Cn1c(=O)n(C)c2cc(CC3=NC(=O)N(Cc4ccccc4)C3=O)ccc21. The summed E-state index contributed by atoms with van der Waals surface area (Å²) in [5.74, 6) is -0.370. The Bertz CT molecular complexity index is 1160. The summed E-state index contributed by atoms with van der Waals surface area (Å²) < 4.78 is 3.13. The molecule has 2 aromatic carbocycles. The van der Waals surface area contributed by atoms with E-state index in [1.807, 2.05) is 48.5 Å². The Morgan fingerprint density at radius 1 is 0.852 bits per heavy atom. The van der Waals surface area contributed by atoms with Gasteiger partial charge in [0.25, 0.3) is 5.91 Å². The molecule has 3 aromatic rings. The Balaban J connectivity index is 1.58. The number of imidazole rings is 1. The van der Waals surface area contributed by atoms with Crippen LogP contribution >= 0.6 is 0 Å². The van der Waals surface area contributed by atoms with Crippen LogP contribution in [0.15, 0.2) is 58.3 Å². The van der Waals surface area contributed by atoms with Crippen LogP contribution in [-0.2, 0) is 31.9 Å². The minimum atomic E-state index is -0.535. The fourth-order valence-electron chi connectivity index (χ4n) is 3.34. The summed E-state index contributed by atoms with van der Waals surface area (Å²) in [6, 6.07) is 14.3. The van der Waals surface area contributed by atoms with Crippen molar-refractivity contribution in [2.75, 3.05) is 0 Å². The summed E-state index contributed by atoms with van der Waals surface area (Å²) in [6.45, 7) is 0.206. The van der Waals surface area contributed by atoms with Crippen molar-refractivity contribution in [1.82, 2.24) is 14.0 Å². The molecule has 0 saturated carbocycles. The molecule has 136 valence electrons. The number of rotatable bonds is 4. The highest BCUT2D eigenvalue weighted by molar-refractivity contribution is 6.46. The third-order valence-corrected chi connectivity index (χ3v) is 4.85. The molecule has 0 aliphatic carbocycles. The van der Waals surface area contributed by atoms with E-state index in [9.17, 15) is 14.4 Å². The second-order valence-corrected chi connectivity index (χ2v) is 6.62. The van der Waals surface area contributed by atoms with Crippen LogP contribution in [0.4, 0.5) is 4.79 Å². The number of carbonyl (C=O) groups is 2. The first-order chi connectivity index (χ1) is 13.0. The van der Waals surface area contributed by atoms with Crippen LogP contribution in [0.1, 0.15) is 11.1 Å². The van der Waals surface area contributed by atoms with E-state index in [-0.39, 0.29) is 30.3 Å². The summed E-state index contributed by atoms with van der Waals surface area (Å²) in [5, 5.41) is 0. The van der Waals surface area contributed by atoms with E-state index in [0.29, 0.717) is 0 Å². The molecule has 2 heterocycles. The van der Waals surface area contributed by atoms with Gasteiger partial charge in [0.2, 0.25) is 0 Å². The number of fused-ring (bicyclic) bond motifs is 1. The highest BCUT2D eigenvalue weighted by Crippen LogP contribution is 2.18. The van der Waals surface area contributed by atoms with Gasteiger partial charge >= 0.3 is 11.7 Å². The third-order valence-electron chi connectivity index (χ3n) is 4.85. The number of aryl methyl sites for hydroxylation is 2. The van der Waals surface area contributed by atoms with Crippen molar-refractivity contribution in [2.45, 2.75) is 13.0 Å². The monoisotopic (exact) mass is 362 g/mol. The van der Waals surface area contributed by atoms with E-state index < -0.39 is 6.03 Å². The number of imide groups is 1. The fourth-order valence-corrected chi connectivity index (χ4v) is 3.34. The predicted octanol–water partition coefficient (Wildman–Crippen LogP) is 2.02. The van der Waals surface area contributed by atoms with E-state index in [1.165, 1.54) is 0 Å². The van der Waals surface area contributed by atoms with E-state index in [2.05, 4.69) is 4.99 Å². The molecule has 0 saturated heterocycles. The second-order valence-electron chi connectivity index (χ2n) is 6.62. The first kappa shape index (κ1) is 17.0. The van der Waals surface area contributed by atoms with Crippen molar-refractivity contribution < 1.29 is 9.59 Å². The van der Waals surface area contributed by atoms with Crippen LogP contribution in [0.3, 0.4) is 0 Å². The Morgan fingerprint density at radius 3 is 2.30 bits per heavy atom. The zero-order valence-corrected chi connectivity index (χ0v) is 15.0. The Labute approximate surface area is 155 Å². The number of hydrogen-bond donors (Lipinski definition) is 0. The average Bonchev–Trinajstić information content (AvgIpc) is 3.05. The maximum absolute atomic E-state index is 12.6. The molecule has 7 nitrogen and oxygen atoms in total. The van der Waals surface area contributed by atoms with Crippen LogP contribution in [0, 0.1) is 0 Å². The zero-order chi connectivity index (χ0) is 19.1. The smallest absolute Gasteiger partial charge is 0.295 e. The number of benzene rings is 2. The normalized spacial score (nSPS) is 14.3. The first-order valence-corrected chi connectivity index (χ1v) is 8.57. The molecule has 0 radical (unpaired) electrons. The zero-order valence-electron chi connectivity index (χ0n) is 15.0. The Kier molecular flexibility index (Phi) is 3.99. The molecular weight excluding hydrogens is 344 g/mol. The average molecular weight is 362 g/mol. The lowest BCUT2D eigenvalue weighted by molar-refractivity contribution is -0.121. The van der Waals surface area contributed by atoms with Gasteiger partial charge in [-0.15, -0.1) is 0 Å². The molecule has 1 aliphatic rings. The summed E-state index contributed by atoms with van der Waals surface area (Å²) in [6.07, 6.45) is 0.245. The lowest BCUT2D eigenvalue weighted by Gasteiger charge is -2.13. The lowest BCUT2D eigenvalue weighted by Crippen LogP contribution is -2.32. The van der Waals surface area contributed by atoms with Gasteiger partial charge in [-0.2, -0.15) is 4.99 Å². The number of aromatic nitrogens is 2. The van der Waals surface area contributed by atoms with Gasteiger partial charge in [0.15, 0.2) is 0 Å². The van der Waals surface area contributed by atoms with Crippen LogP contribution in [0.2, 0.25) is 0 Å². The first-order valence-electron chi connectivity index (χ1n) is 8.57. The van der Waals surface area contributed by atoms with E-state index in [1.54, 1.807) is 23.2 Å². The van der Waals surface area contributed by atoms with Crippen molar-refractivity contribution in [1.29, 1.82) is 0 Å².